The first-order chi connectivity index (χ1) is 8.11. The van der Waals surface area contributed by atoms with E-state index in [4.69, 9.17) is 4.74 Å². The molecule has 1 aromatic heterocycles. The number of aryl methyl sites for hydroxylation is 2. The van der Waals surface area contributed by atoms with Crippen molar-refractivity contribution in [3.05, 3.63) is 22.9 Å². The summed E-state index contributed by atoms with van der Waals surface area (Å²) in [6.45, 7) is 8.25. The van der Waals surface area contributed by atoms with E-state index in [0.717, 1.165) is 30.2 Å². The van der Waals surface area contributed by atoms with E-state index in [9.17, 15) is 5.26 Å². The number of aromatic nitrogens is 1. The van der Waals surface area contributed by atoms with Gasteiger partial charge in [-0.3, -0.25) is 0 Å². The van der Waals surface area contributed by atoms with E-state index in [1.807, 2.05) is 26.8 Å². The van der Waals surface area contributed by atoms with Gasteiger partial charge in [0.2, 0.25) is 0 Å². The molecule has 0 saturated carbocycles. The number of nitriles is 1. The van der Waals surface area contributed by atoms with Gasteiger partial charge in [-0.15, -0.1) is 0 Å². The van der Waals surface area contributed by atoms with Crippen LogP contribution < -0.4 is 4.90 Å². The van der Waals surface area contributed by atoms with Crippen molar-refractivity contribution >= 4 is 5.82 Å². The summed E-state index contributed by atoms with van der Waals surface area (Å²) < 4.78 is 5.51. The summed E-state index contributed by atoms with van der Waals surface area (Å²) in [6, 6.07) is 4.21. The third-order valence-electron chi connectivity index (χ3n) is 2.98. The second-order valence-corrected chi connectivity index (χ2v) is 4.52. The highest BCUT2D eigenvalue weighted by molar-refractivity contribution is 5.58. The number of morpholine rings is 1. The van der Waals surface area contributed by atoms with Crippen molar-refractivity contribution < 1.29 is 4.74 Å². The standard InChI is InChI=1S/C13H17N3O/c1-9-6-10(2)15-13(12(9)7-14)16-4-5-17-11(3)8-16/h6,11H,4-5,8H2,1-3H3. The van der Waals surface area contributed by atoms with Gasteiger partial charge >= 0.3 is 0 Å². The van der Waals surface area contributed by atoms with Crippen LogP contribution in [0, 0.1) is 25.2 Å². The minimum Gasteiger partial charge on any atom is -0.375 e. The van der Waals surface area contributed by atoms with Gasteiger partial charge in [0.05, 0.1) is 18.3 Å². The molecule has 0 aromatic carbocycles. The maximum absolute atomic E-state index is 9.24. The Labute approximate surface area is 102 Å². The summed E-state index contributed by atoms with van der Waals surface area (Å²) in [5.74, 6) is 0.806. The maximum Gasteiger partial charge on any atom is 0.147 e. The number of hydrogen-bond donors (Lipinski definition) is 0. The van der Waals surface area contributed by atoms with E-state index in [2.05, 4.69) is 16.0 Å². The third kappa shape index (κ3) is 2.40. The first-order valence-corrected chi connectivity index (χ1v) is 5.86. The highest BCUT2D eigenvalue weighted by Crippen LogP contribution is 2.23. The molecule has 17 heavy (non-hydrogen) atoms. The molecule has 1 saturated heterocycles. The number of pyridine rings is 1. The van der Waals surface area contributed by atoms with Gasteiger partial charge < -0.3 is 9.64 Å². The monoisotopic (exact) mass is 231 g/mol. The quantitative estimate of drug-likeness (QED) is 0.739. The number of hydrogen-bond acceptors (Lipinski definition) is 4. The molecule has 0 aliphatic carbocycles. The lowest BCUT2D eigenvalue weighted by atomic mass is 10.1. The van der Waals surface area contributed by atoms with Gasteiger partial charge in [0.25, 0.3) is 0 Å². The molecule has 0 bridgehead atoms. The van der Waals surface area contributed by atoms with Gasteiger partial charge in [-0.1, -0.05) is 0 Å². The van der Waals surface area contributed by atoms with Crippen LogP contribution in [0.5, 0.6) is 0 Å². The van der Waals surface area contributed by atoms with Crippen LogP contribution >= 0.6 is 0 Å². The van der Waals surface area contributed by atoms with Crippen molar-refractivity contribution in [3.8, 4) is 6.07 Å². The SMILES string of the molecule is Cc1cc(C)c(C#N)c(N2CCOC(C)C2)n1. The minimum absolute atomic E-state index is 0.193. The molecular weight excluding hydrogens is 214 g/mol. The minimum atomic E-state index is 0.193. The van der Waals surface area contributed by atoms with Crippen LogP contribution in [0.3, 0.4) is 0 Å². The molecular formula is C13H17N3O. The number of nitrogens with zero attached hydrogens (tertiary/aromatic N) is 3. The molecule has 2 rings (SSSR count). The molecule has 4 heteroatoms. The largest absolute Gasteiger partial charge is 0.375 e. The van der Waals surface area contributed by atoms with Crippen LogP contribution in [0.1, 0.15) is 23.7 Å². The second kappa shape index (κ2) is 4.72. The van der Waals surface area contributed by atoms with Crippen molar-refractivity contribution in [2.24, 2.45) is 0 Å². The van der Waals surface area contributed by atoms with Crippen molar-refractivity contribution in [1.82, 2.24) is 4.98 Å². The molecule has 4 nitrogen and oxygen atoms in total. The predicted octanol–water partition coefficient (Wildman–Crippen LogP) is 1.80. The summed E-state index contributed by atoms with van der Waals surface area (Å²) >= 11 is 0. The molecule has 90 valence electrons. The Balaban J connectivity index is 2.40. The lowest BCUT2D eigenvalue weighted by Gasteiger charge is -2.32. The summed E-state index contributed by atoms with van der Waals surface area (Å²) in [5, 5.41) is 9.24. The fourth-order valence-electron chi connectivity index (χ4n) is 2.19. The fourth-order valence-corrected chi connectivity index (χ4v) is 2.19. The van der Waals surface area contributed by atoms with E-state index >= 15 is 0 Å². The molecule has 0 radical (unpaired) electrons. The predicted molar refractivity (Wildman–Crippen MR) is 66.1 cm³/mol. The molecule has 1 atom stereocenters. The van der Waals surface area contributed by atoms with Crippen molar-refractivity contribution in [1.29, 1.82) is 5.26 Å². The zero-order chi connectivity index (χ0) is 12.4. The zero-order valence-corrected chi connectivity index (χ0v) is 10.5. The van der Waals surface area contributed by atoms with Crippen molar-refractivity contribution in [3.63, 3.8) is 0 Å². The Bertz CT molecular complexity index is 464. The molecule has 1 aromatic rings. The van der Waals surface area contributed by atoms with Crippen LogP contribution in [0.2, 0.25) is 0 Å². The maximum atomic E-state index is 9.24. The van der Waals surface area contributed by atoms with Crippen LogP contribution in [0.15, 0.2) is 6.07 Å². The average molecular weight is 231 g/mol. The van der Waals surface area contributed by atoms with E-state index in [1.54, 1.807) is 0 Å². The van der Waals surface area contributed by atoms with Gasteiger partial charge in [-0.25, -0.2) is 4.98 Å². The summed E-state index contributed by atoms with van der Waals surface area (Å²) in [6.07, 6.45) is 0.193. The summed E-state index contributed by atoms with van der Waals surface area (Å²) in [5.41, 5.74) is 2.63. The molecule has 0 amide bonds. The highest BCUT2D eigenvalue weighted by Gasteiger charge is 2.21. The van der Waals surface area contributed by atoms with Crippen molar-refractivity contribution in [2.45, 2.75) is 26.9 Å². The summed E-state index contributed by atoms with van der Waals surface area (Å²) in [4.78, 5) is 6.66. The second-order valence-electron chi connectivity index (χ2n) is 4.52. The normalized spacial score (nSPS) is 20.1. The lowest BCUT2D eigenvalue weighted by molar-refractivity contribution is 0.0529. The summed E-state index contributed by atoms with van der Waals surface area (Å²) in [7, 11) is 0. The van der Waals surface area contributed by atoms with E-state index in [0.29, 0.717) is 12.2 Å². The Morgan fingerprint density at radius 1 is 1.53 bits per heavy atom. The van der Waals surface area contributed by atoms with Gasteiger partial charge in [0.1, 0.15) is 11.9 Å². The van der Waals surface area contributed by atoms with E-state index in [1.165, 1.54) is 0 Å². The Hall–Kier alpha value is -1.60. The topological polar surface area (TPSA) is 49.2 Å². The van der Waals surface area contributed by atoms with Crippen LogP contribution in [0.4, 0.5) is 5.82 Å². The van der Waals surface area contributed by atoms with E-state index < -0.39 is 0 Å². The van der Waals surface area contributed by atoms with Gasteiger partial charge in [0.15, 0.2) is 0 Å². The number of rotatable bonds is 1. The molecule has 1 fully saturated rings. The number of ether oxygens (including phenoxy) is 1. The average Bonchev–Trinajstić information content (AvgIpc) is 2.28. The van der Waals surface area contributed by atoms with E-state index in [-0.39, 0.29) is 6.10 Å². The van der Waals surface area contributed by atoms with Gasteiger partial charge in [-0.05, 0) is 32.4 Å². The molecule has 0 spiro atoms. The molecule has 1 aliphatic heterocycles. The smallest absolute Gasteiger partial charge is 0.147 e. The lowest BCUT2D eigenvalue weighted by Crippen LogP contribution is -2.42. The highest BCUT2D eigenvalue weighted by atomic mass is 16.5. The molecule has 1 aliphatic rings. The Morgan fingerprint density at radius 2 is 2.29 bits per heavy atom. The molecule has 1 unspecified atom stereocenters. The van der Waals surface area contributed by atoms with Gasteiger partial charge in [0, 0.05) is 18.8 Å². The fraction of sp³-hybridized carbons (Fsp3) is 0.538. The third-order valence-corrected chi connectivity index (χ3v) is 2.98. The van der Waals surface area contributed by atoms with Crippen LogP contribution in [-0.2, 0) is 4.74 Å². The Kier molecular flexibility index (Phi) is 3.30. The molecule has 0 N–H and O–H groups in total. The number of anilines is 1. The van der Waals surface area contributed by atoms with Crippen molar-refractivity contribution in [2.75, 3.05) is 24.6 Å². The van der Waals surface area contributed by atoms with Crippen LogP contribution in [-0.4, -0.2) is 30.8 Å². The zero-order valence-electron chi connectivity index (χ0n) is 10.5. The molecule has 2 heterocycles. The van der Waals surface area contributed by atoms with Gasteiger partial charge in [-0.2, -0.15) is 5.26 Å². The van der Waals surface area contributed by atoms with Crippen LogP contribution in [0.25, 0.3) is 0 Å². The first kappa shape index (κ1) is 11.9. The Morgan fingerprint density at radius 3 is 2.94 bits per heavy atom. The first-order valence-electron chi connectivity index (χ1n) is 5.86.